The lowest BCUT2D eigenvalue weighted by molar-refractivity contribution is 0.968. The fraction of sp³-hybridized carbons (Fsp3) is 0.600. The van der Waals surface area contributed by atoms with Crippen LogP contribution in [0.25, 0.3) is 0 Å². The van der Waals surface area contributed by atoms with Crippen molar-refractivity contribution < 1.29 is 0 Å². The van der Waals surface area contributed by atoms with Crippen molar-refractivity contribution >= 4 is 21.8 Å². The second-order valence-electron chi connectivity index (χ2n) is 1.40. The summed E-state index contributed by atoms with van der Waals surface area (Å²) in [6.07, 6.45) is 4.47. The van der Waals surface area contributed by atoms with Crippen molar-refractivity contribution in [2.24, 2.45) is 0 Å². The first-order valence-electron chi connectivity index (χ1n) is 2.59. The van der Waals surface area contributed by atoms with Crippen molar-refractivity contribution in [3.8, 4) is 0 Å². The minimum absolute atomic E-state index is 0.798. The van der Waals surface area contributed by atoms with Gasteiger partial charge < -0.3 is 0 Å². The SMILES string of the molecule is [SiH3]C=CCCCCl. The van der Waals surface area contributed by atoms with E-state index in [-0.39, 0.29) is 0 Å². The Bertz CT molecular complexity index is 52.0. The van der Waals surface area contributed by atoms with E-state index in [1.165, 1.54) is 10.2 Å². The highest BCUT2D eigenvalue weighted by atomic mass is 35.5. The number of hydrogen-bond donors (Lipinski definition) is 0. The molecule has 42 valence electrons. The third-order valence-electron chi connectivity index (χ3n) is 0.740. The zero-order valence-corrected chi connectivity index (χ0v) is 7.41. The first-order chi connectivity index (χ1) is 3.41. The molecule has 0 amide bonds. The van der Waals surface area contributed by atoms with Gasteiger partial charge in [-0.25, -0.2) is 0 Å². The number of alkyl halides is 1. The zero-order valence-electron chi connectivity index (χ0n) is 4.65. The van der Waals surface area contributed by atoms with E-state index >= 15 is 0 Å². The summed E-state index contributed by atoms with van der Waals surface area (Å²) < 4.78 is 0. The van der Waals surface area contributed by atoms with Gasteiger partial charge in [0, 0.05) is 16.1 Å². The third kappa shape index (κ3) is 6.25. The summed E-state index contributed by atoms with van der Waals surface area (Å²) in [7, 11) is 1.18. The molecule has 0 bridgehead atoms. The molecule has 0 aromatic rings. The average Bonchev–Trinajstić information content (AvgIpc) is 1.69. The minimum Gasteiger partial charge on any atom is -0.127 e. The molecule has 0 aliphatic heterocycles. The van der Waals surface area contributed by atoms with Crippen LogP contribution in [0.4, 0.5) is 0 Å². The standard InChI is InChI=1S/C5H11ClSi/c6-4-2-1-3-5-7/h3,5H,1-2,4H2,7H3. The van der Waals surface area contributed by atoms with E-state index in [0.29, 0.717) is 0 Å². The lowest BCUT2D eigenvalue weighted by atomic mass is 10.3. The molecule has 2 heteroatoms. The fourth-order valence-electron chi connectivity index (χ4n) is 0.362. The molecule has 7 heavy (non-hydrogen) atoms. The molecule has 0 nitrogen and oxygen atoms in total. The van der Waals surface area contributed by atoms with E-state index in [1.807, 2.05) is 0 Å². The van der Waals surface area contributed by atoms with Crippen LogP contribution in [0.3, 0.4) is 0 Å². The molecule has 0 spiro atoms. The number of halogens is 1. The molecular weight excluding hydrogens is 124 g/mol. The van der Waals surface area contributed by atoms with Crippen molar-refractivity contribution in [1.82, 2.24) is 0 Å². The van der Waals surface area contributed by atoms with Gasteiger partial charge in [-0.05, 0) is 12.8 Å². The number of hydrogen-bond acceptors (Lipinski definition) is 0. The Kier molecular flexibility index (Phi) is 6.47. The van der Waals surface area contributed by atoms with Crippen LogP contribution in [0, 0.1) is 0 Å². The van der Waals surface area contributed by atoms with Gasteiger partial charge in [-0.1, -0.05) is 6.08 Å². The molecule has 0 atom stereocenters. The Balaban J connectivity index is 2.69. The molecule has 0 fully saturated rings. The molecular formula is C5H11ClSi. The molecule has 0 aliphatic rings. The highest BCUT2D eigenvalue weighted by Gasteiger charge is 1.74. The smallest absolute Gasteiger partial charge is 0.0287 e. The molecule has 0 aliphatic carbocycles. The van der Waals surface area contributed by atoms with E-state index in [4.69, 9.17) is 11.6 Å². The zero-order chi connectivity index (χ0) is 5.54. The van der Waals surface area contributed by atoms with Crippen LogP contribution in [0.2, 0.25) is 0 Å². The van der Waals surface area contributed by atoms with Gasteiger partial charge in [0.2, 0.25) is 0 Å². The first kappa shape index (κ1) is 7.25. The normalized spacial score (nSPS) is 11.0. The molecule has 0 saturated heterocycles. The summed E-state index contributed by atoms with van der Waals surface area (Å²) in [4.78, 5) is 0. The van der Waals surface area contributed by atoms with Crippen molar-refractivity contribution in [2.75, 3.05) is 5.88 Å². The second-order valence-corrected chi connectivity index (χ2v) is 2.44. The summed E-state index contributed by atoms with van der Waals surface area (Å²) in [5, 5.41) is 0. The van der Waals surface area contributed by atoms with Crippen LogP contribution in [0.1, 0.15) is 12.8 Å². The maximum Gasteiger partial charge on any atom is 0.0287 e. The number of rotatable bonds is 3. The summed E-state index contributed by atoms with van der Waals surface area (Å²) in [5.74, 6) is 0.798. The molecule has 0 aromatic carbocycles. The first-order valence-corrected chi connectivity index (χ1v) is 4.28. The lowest BCUT2D eigenvalue weighted by Gasteiger charge is -1.82. The maximum absolute atomic E-state index is 5.41. The van der Waals surface area contributed by atoms with E-state index < -0.39 is 0 Å². The van der Waals surface area contributed by atoms with E-state index in [0.717, 1.165) is 18.7 Å². The van der Waals surface area contributed by atoms with Crippen LogP contribution < -0.4 is 0 Å². The third-order valence-corrected chi connectivity index (χ3v) is 1.48. The number of allylic oxidation sites excluding steroid dienone is 1. The van der Waals surface area contributed by atoms with Gasteiger partial charge in [-0.15, -0.1) is 17.3 Å². The summed E-state index contributed by atoms with van der Waals surface area (Å²) in [5.41, 5.74) is 2.19. The van der Waals surface area contributed by atoms with E-state index in [1.54, 1.807) is 0 Å². The molecule has 0 radical (unpaired) electrons. The van der Waals surface area contributed by atoms with Gasteiger partial charge in [0.15, 0.2) is 0 Å². The van der Waals surface area contributed by atoms with Crippen molar-refractivity contribution in [2.45, 2.75) is 12.8 Å². The predicted molar refractivity (Wildman–Crippen MR) is 39.0 cm³/mol. The lowest BCUT2D eigenvalue weighted by Crippen LogP contribution is -1.69. The molecule has 0 aromatic heterocycles. The molecule has 0 unspecified atom stereocenters. The summed E-state index contributed by atoms with van der Waals surface area (Å²) >= 11 is 5.41. The van der Waals surface area contributed by atoms with Crippen molar-refractivity contribution in [3.63, 3.8) is 0 Å². The average molecular weight is 135 g/mol. The predicted octanol–water partition coefficient (Wildman–Crippen LogP) is 0.885. The van der Waals surface area contributed by atoms with E-state index in [2.05, 4.69) is 11.8 Å². The largest absolute Gasteiger partial charge is 0.127 e. The van der Waals surface area contributed by atoms with E-state index in [9.17, 15) is 0 Å². The molecule has 0 rings (SSSR count). The van der Waals surface area contributed by atoms with Gasteiger partial charge in [-0.2, -0.15) is 0 Å². The van der Waals surface area contributed by atoms with Crippen molar-refractivity contribution in [1.29, 1.82) is 0 Å². The van der Waals surface area contributed by atoms with Gasteiger partial charge >= 0.3 is 0 Å². The highest BCUT2D eigenvalue weighted by Crippen LogP contribution is 1.90. The van der Waals surface area contributed by atoms with Gasteiger partial charge in [0.05, 0.1) is 0 Å². The van der Waals surface area contributed by atoms with Crippen molar-refractivity contribution in [3.05, 3.63) is 11.8 Å². The Morgan fingerprint density at radius 1 is 1.57 bits per heavy atom. The Morgan fingerprint density at radius 2 is 2.29 bits per heavy atom. The van der Waals surface area contributed by atoms with Crippen LogP contribution in [0.5, 0.6) is 0 Å². The fourth-order valence-corrected chi connectivity index (χ4v) is 0.849. The monoisotopic (exact) mass is 134 g/mol. The Morgan fingerprint density at radius 3 is 2.71 bits per heavy atom. The Hall–Kier alpha value is 0.247. The molecule has 0 N–H and O–H groups in total. The van der Waals surface area contributed by atoms with Crippen LogP contribution in [-0.2, 0) is 0 Å². The van der Waals surface area contributed by atoms with Gasteiger partial charge in [-0.3, -0.25) is 0 Å². The van der Waals surface area contributed by atoms with Crippen LogP contribution >= 0.6 is 11.6 Å². The highest BCUT2D eigenvalue weighted by molar-refractivity contribution is 6.18. The Labute approximate surface area is 53.0 Å². The molecule has 0 saturated carbocycles. The number of unbranched alkanes of at least 4 members (excludes halogenated alkanes) is 1. The van der Waals surface area contributed by atoms with Crippen LogP contribution in [0.15, 0.2) is 11.8 Å². The topological polar surface area (TPSA) is 0 Å². The quantitative estimate of drug-likeness (QED) is 0.306. The summed E-state index contributed by atoms with van der Waals surface area (Å²) in [6.45, 7) is 0. The maximum atomic E-state index is 5.41. The van der Waals surface area contributed by atoms with Crippen LogP contribution in [-0.4, -0.2) is 16.1 Å². The van der Waals surface area contributed by atoms with Gasteiger partial charge in [0.1, 0.15) is 0 Å². The minimum atomic E-state index is 0.798. The second kappa shape index (κ2) is 6.25. The molecule has 0 heterocycles. The summed E-state index contributed by atoms with van der Waals surface area (Å²) in [6, 6.07) is 0. The van der Waals surface area contributed by atoms with Gasteiger partial charge in [0.25, 0.3) is 0 Å².